The third-order valence-corrected chi connectivity index (χ3v) is 2.60. The molecule has 0 amide bonds. The highest BCUT2D eigenvalue weighted by Crippen LogP contribution is 2.13. The lowest BCUT2D eigenvalue weighted by Gasteiger charge is -2.19. The minimum Gasteiger partial charge on any atom is -0.372 e. The van der Waals surface area contributed by atoms with Gasteiger partial charge in [-0.25, -0.2) is 15.1 Å². The molecule has 1 saturated heterocycles. The number of aromatic nitrogens is 1. The molecule has 1 atom stereocenters. The number of aliphatic hydroxyl groups is 1. The van der Waals surface area contributed by atoms with Gasteiger partial charge in [-0.05, 0) is 17.7 Å². The summed E-state index contributed by atoms with van der Waals surface area (Å²) in [7, 11) is 0. The van der Waals surface area contributed by atoms with E-state index in [-0.39, 0.29) is 19.0 Å². The van der Waals surface area contributed by atoms with Crippen molar-refractivity contribution in [3.05, 3.63) is 39.2 Å². The van der Waals surface area contributed by atoms with Crippen LogP contribution >= 0.6 is 11.6 Å². The van der Waals surface area contributed by atoms with Gasteiger partial charge in [-0.2, -0.15) is 0 Å². The van der Waals surface area contributed by atoms with Crippen molar-refractivity contribution >= 4 is 17.6 Å². The highest BCUT2D eigenvalue weighted by molar-refractivity contribution is 6.29. The van der Waals surface area contributed by atoms with Gasteiger partial charge in [-0.3, -0.25) is 0 Å². The number of nitrogens with one attached hydrogen (secondary N) is 1. The van der Waals surface area contributed by atoms with Crippen LogP contribution in [0.15, 0.2) is 23.4 Å². The maximum absolute atomic E-state index is 10.4. The third kappa shape index (κ3) is 2.84. The fourth-order valence-electron chi connectivity index (χ4n) is 1.62. The predicted octanol–water partition coefficient (Wildman–Crippen LogP) is 0.00630. The zero-order valence-corrected chi connectivity index (χ0v) is 9.91. The number of guanidine groups is 1. The quantitative estimate of drug-likeness (QED) is 0.456. The van der Waals surface area contributed by atoms with E-state index in [0.29, 0.717) is 5.15 Å². The SMILES string of the molecule is O=[N+]([O-])/N=C1\NCC(O)N1Cc1ccnc(Cl)c1. The van der Waals surface area contributed by atoms with Crippen LogP contribution in [-0.2, 0) is 6.54 Å². The van der Waals surface area contributed by atoms with Gasteiger partial charge in [0.25, 0.3) is 5.96 Å². The Balaban J connectivity index is 2.18. The fraction of sp³-hybridized carbons (Fsp3) is 0.333. The molecule has 96 valence electrons. The molecular formula is C9H10ClN5O3. The predicted molar refractivity (Wildman–Crippen MR) is 63.2 cm³/mol. The summed E-state index contributed by atoms with van der Waals surface area (Å²) in [5.41, 5.74) is 0.772. The van der Waals surface area contributed by atoms with Crippen LogP contribution in [0.3, 0.4) is 0 Å². The number of nitro groups is 1. The normalized spacial score (nSPS) is 21.1. The summed E-state index contributed by atoms with van der Waals surface area (Å²) in [6, 6.07) is 3.33. The molecule has 1 aromatic heterocycles. The lowest BCUT2D eigenvalue weighted by atomic mass is 10.2. The van der Waals surface area contributed by atoms with Crippen molar-refractivity contribution in [2.24, 2.45) is 5.10 Å². The van der Waals surface area contributed by atoms with Crippen LogP contribution in [-0.4, -0.2) is 38.8 Å². The smallest absolute Gasteiger partial charge is 0.273 e. The van der Waals surface area contributed by atoms with E-state index in [9.17, 15) is 15.2 Å². The molecule has 8 nitrogen and oxygen atoms in total. The van der Waals surface area contributed by atoms with Crippen molar-refractivity contribution < 1.29 is 10.1 Å². The molecule has 18 heavy (non-hydrogen) atoms. The third-order valence-electron chi connectivity index (χ3n) is 2.39. The van der Waals surface area contributed by atoms with Crippen molar-refractivity contribution in [2.75, 3.05) is 6.54 Å². The van der Waals surface area contributed by atoms with Crippen LogP contribution in [0.4, 0.5) is 0 Å². The summed E-state index contributed by atoms with van der Waals surface area (Å²) >= 11 is 5.74. The maximum atomic E-state index is 10.4. The molecule has 0 aliphatic carbocycles. The van der Waals surface area contributed by atoms with E-state index in [1.807, 2.05) is 0 Å². The zero-order chi connectivity index (χ0) is 13.1. The van der Waals surface area contributed by atoms with Crippen LogP contribution in [0, 0.1) is 10.1 Å². The van der Waals surface area contributed by atoms with Gasteiger partial charge >= 0.3 is 0 Å². The first-order chi connectivity index (χ1) is 8.56. The van der Waals surface area contributed by atoms with Crippen molar-refractivity contribution in [3.8, 4) is 0 Å². The molecule has 0 radical (unpaired) electrons. The monoisotopic (exact) mass is 271 g/mol. The van der Waals surface area contributed by atoms with Crippen LogP contribution < -0.4 is 5.32 Å². The first-order valence-electron chi connectivity index (χ1n) is 5.08. The number of β-amino-alcohol motifs (C(OH)–C–C–N with tert-alkyl or cyclic N) is 1. The van der Waals surface area contributed by atoms with E-state index in [4.69, 9.17) is 11.6 Å². The molecule has 1 aliphatic rings. The van der Waals surface area contributed by atoms with Gasteiger partial charge in [0.2, 0.25) is 0 Å². The number of hydrogen-bond acceptors (Lipinski definition) is 4. The summed E-state index contributed by atoms with van der Waals surface area (Å²) in [6.07, 6.45) is 0.661. The molecule has 1 aliphatic heterocycles. The van der Waals surface area contributed by atoms with Gasteiger partial charge < -0.3 is 15.3 Å². The largest absolute Gasteiger partial charge is 0.372 e. The van der Waals surface area contributed by atoms with Crippen LogP contribution in [0.25, 0.3) is 0 Å². The highest BCUT2D eigenvalue weighted by atomic mass is 35.5. The molecule has 2 heterocycles. The number of nitrogens with zero attached hydrogens (tertiary/aromatic N) is 4. The number of aliphatic hydroxyl groups excluding tert-OH is 1. The summed E-state index contributed by atoms with van der Waals surface area (Å²) in [5.74, 6) is 0.0282. The molecule has 1 aromatic rings. The van der Waals surface area contributed by atoms with Gasteiger partial charge in [-0.1, -0.05) is 11.6 Å². The Morgan fingerprint density at radius 1 is 1.78 bits per heavy atom. The first kappa shape index (κ1) is 12.5. The van der Waals surface area contributed by atoms with Crippen LogP contribution in [0.1, 0.15) is 5.56 Å². The van der Waals surface area contributed by atoms with Gasteiger partial charge in [0.1, 0.15) is 16.5 Å². The second-order valence-electron chi connectivity index (χ2n) is 3.64. The van der Waals surface area contributed by atoms with Crippen molar-refractivity contribution in [3.63, 3.8) is 0 Å². The Morgan fingerprint density at radius 3 is 3.22 bits per heavy atom. The van der Waals surface area contributed by atoms with E-state index in [2.05, 4.69) is 15.4 Å². The number of rotatable bonds is 3. The summed E-state index contributed by atoms with van der Waals surface area (Å²) in [6.45, 7) is 0.439. The second-order valence-corrected chi connectivity index (χ2v) is 4.02. The molecule has 0 bridgehead atoms. The fourth-order valence-corrected chi connectivity index (χ4v) is 1.82. The second kappa shape index (κ2) is 5.15. The lowest BCUT2D eigenvalue weighted by molar-refractivity contribution is -0.485. The molecule has 0 saturated carbocycles. The molecular weight excluding hydrogens is 262 g/mol. The molecule has 0 aromatic carbocycles. The van der Waals surface area contributed by atoms with Gasteiger partial charge in [0, 0.05) is 12.7 Å². The highest BCUT2D eigenvalue weighted by Gasteiger charge is 2.29. The van der Waals surface area contributed by atoms with Crippen molar-refractivity contribution in [2.45, 2.75) is 12.8 Å². The van der Waals surface area contributed by atoms with Crippen LogP contribution in [0.5, 0.6) is 0 Å². The zero-order valence-electron chi connectivity index (χ0n) is 9.15. The topological polar surface area (TPSA) is 104 Å². The first-order valence-corrected chi connectivity index (χ1v) is 5.46. The molecule has 1 unspecified atom stereocenters. The Labute approximate surface area is 107 Å². The van der Waals surface area contributed by atoms with E-state index in [1.165, 1.54) is 11.1 Å². The lowest BCUT2D eigenvalue weighted by Crippen LogP contribution is -2.35. The van der Waals surface area contributed by atoms with E-state index in [1.54, 1.807) is 12.1 Å². The Morgan fingerprint density at radius 2 is 2.56 bits per heavy atom. The standard InChI is InChI=1S/C9H10ClN5O3/c10-7-3-6(1-2-11-7)5-14-8(16)4-12-9(14)13-15(17)18/h1-3,8,16H,4-5H2,(H,12,13). The van der Waals surface area contributed by atoms with E-state index in [0.717, 1.165) is 5.56 Å². The van der Waals surface area contributed by atoms with Crippen molar-refractivity contribution in [1.29, 1.82) is 0 Å². The minimum absolute atomic E-state index is 0.0282. The van der Waals surface area contributed by atoms with Gasteiger partial charge in [0.15, 0.2) is 5.03 Å². The minimum atomic E-state index is -0.865. The maximum Gasteiger partial charge on any atom is 0.273 e. The summed E-state index contributed by atoms with van der Waals surface area (Å²) in [5, 5.41) is 25.4. The molecule has 0 spiro atoms. The average molecular weight is 272 g/mol. The molecule has 1 fully saturated rings. The molecule has 9 heteroatoms. The number of hydrazone groups is 1. The molecule has 2 N–H and O–H groups in total. The van der Waals surface area contributed by atoms with Gasteiger partial charge in [0.05, 0.1) is 6.54 Å². The van der Waals surface area contributed by atoms with Gasteiger partial charge in [-0.15, -0.1) is 0 Å². The number of hydrogen-bond donors (Lipinski definition) is 2. The van der Waals surface area contributed by atoms with E-state index < -0.39 is 11.3 Å². The number of pyridine rings is 1. The number of halogens is 1. The van der Waals surface area contributed by atoms with Crippen molar-refractivity contribution in [1.82, 2.24) is 15.2 Å². The van der Waals surface area contributed by atoms with Crippen LogP contribution in [0.2, 0.25) is 5.15 Å². The molecule has 2 rings (SSSR count). The Hall–Kier alpha value is -1.93. The Bertz CT molecular complexity index is 495. The summed E-state index contributed by atoms with van der Waals surface area (Å²) in [4.78, 5) is 15.6. The average Bonchev–Trinajstić information content (AvgIpc) is 2.61. The summed E-state index contributed by atoms with van der Waals surface area (Å²) < 4.78 is 0. The van der Waals surface area contributed by atoms with E-state index >= 15 is 0 Å². The Kier molecular flexibility index (Phi) is 3.58.